The van der Waals surface area contributed by atoms with Gasteiger partial charge in [-0.3, -0.25) is 4.79 Å². The van der Waals surface area contributed by atoms with Crippen molar-refractivity contribution < 1.29 is 9.21 Å². The van der Waals surface area contributed by atoms with Gasteiger partial charge in [-0.05, 0) is 55.9 Å². The lowest BCUT2D eigenvalue weighted by atomic mass is 9.98. The van der Waals surface area contributed by atoms with Crippen molar-refractivity contribution in [1.82, 2.24) is 14.7 Å². The average Bonchev–Trinajstić information content (AvgIpc) is 3.47. The topological polar surface area (TPSA) is 77.3 Å². The number of fused-ring (bicyclic) bond motifs is 1. The molecule has 0 bridgehead atoms. The minimum atomic E-state index is 0. The van der Waals surface area contributed by atoms with E-state index in [0.29, 0.717) is 28.9 Å². The maximum atomic E-state index is 13.4. The zero-order chi connectivity index (χ0) is 19.3. The molecule has 1 amide bonds. The quantitative estimate of drug-likeness (QED) is 0.711. The van der Waals surface area contributed by atoms with Gasteiger partial charge in [-0.25, -0.2) is 4.68 Å². The molecule has 3 heterocycles. The summed E-state index contributed by atoms with van der Waals surface area (Å²) in [4.78, 5) is 15.4. The summed E-state index contributed by atoms with van der Waals surface area (Å²) in [7, 11) is 0. The number of aromatic nitrogens is 2. The van der Waals surface area contributed by atoms with Crippen LogP contribution in [0.1, 0.15) is 29.0 Å². The molecule has 1 aromatic carbocycles. The zero-order valence-electron chi connectivity index (χ0n) is 16.3. The van der Waals surface area contributed by atoms with Gasteiger partial charge in [0, 0.05) is 25.3 Å². The third-order valence-electron chi connectivity index (χ3n) is 6.14. The molecule has 1 saturated heterocycles. The Labute approximate surface area is 176 Å². The first kappa shape index (κ1) is 19.7. The Morgan fingerprint density at radius 2 is 1.93 bits per heavy atom. The molecule has 3 atom stereocenters. The highest BCUT2D eigenvalue weighted by Crippen LogP contribution is 2.38. The minimum absolute atomic E-state index is 0. The molecular formula is C22H25ClN4O2. The van der Waals surface area contributed by atoms with Crippen LogP contribution < -0.4 is 5.73 Å². The van der Waals surface area contributed by atoms with Crippen LogP contribution in [0.2, 0.25) is 0 Å². The van der Waals surface area contributed by atoms with Crippen LogP contribution in [-0.4, -0.2) is 39.7 Å². The molecular weight excluding hydrogens is 388 g/mol. The SMILES string of the molecule is Cc1ccc(-c2nn(-c3ccccc3)cc2C(=O)N2CC3CCC(N)C3C2)o1.Cl. The Morgan fingerprint density at radius 3 is 2.62 bits per heavy atom. The number of carbonyl (C=O) groups is 1. The van der Waals surface area contributed by atoms with Crippen molar-refractivity contribution in [2.24, 2.45) is 17.6 Å². The number of amides is 1. The highest BCUT2D eigenvalue weighted by atomic mass is 35.5. The Bertz CT molecular complexity index is 1010. The van der Waals surface area contributed by atoms with E-state index < -0.39 is 0 Å². The van der Waals surface area contributed by atoms with Crippen LogP contribution in [0.3, 0.4) is 0 Å². The zero-order valence-corrected chi connectivity index (χ0v) is 17.1. The van der Waals surface area contributed by atoms with E-state index in [1.807, 2.05) is 60.5 Å². The second kappa shape index (κ2) is 7.69. The van der Waals surface area contributed by atoms with Crippen LogP contribution in [0.25, 0.3) is 17.1 Å². The molecule has 29 heavy (non-hydrogen) atoms. The van der Waals surface area contributed by atoms with Crippen molar-refractivity contribution in [2.75, 3.05) is 13.1 Å². The third-order valence-corrected chi connectivity index (χ3v) is 6.14. The van der Waals surface area contributed by atoms with Crippen molar-refractivity contribution in [2.45, 2.75) is 25.8 Å². The first-order chi connectivity index (χ1) is 13.6. The van der Waals surface area contributed by atoms with Crippen molar-refractivity contribution in [3.8, 4) is 17.1 Å². The summed E-state index contributed by atoms with van der Waals surface area (Å²) in [6.45, 7) is 3.41. The number of halogens is 1. The standard InChI is InChI=1S/C22H24N4O2.ClH/c1-14-7-10-20(28-14)21-18(13-26(24-21)16-5-3-2-4-6-16)22(27)25-11-15-8-9-19(23)17(15)12-25;/h2-7,10,13,15,17,19H,8-9,11-12,23H2,1H3;1H. The van der Waals surface area contributed by atoms with Gasteiger partial charge >= 0.3 is 0 Å². The lowest BCUT2D eigenvalue weighted by Crippen LogP contribution is -2.33. The van der Waals surface area contributed by atoms with Crippen molar-refractivity contribution in [3.63, 3.8) is 0 Å². The Kier molecular flexibility index (Phi) is 5.23. The highest BCUT2D eigenvalue weighted by molar-refractivity contribution is 5.99. The molecule has 7 heteroatoms. The largest absolute Gasteiger partial charge is 0.460 e. The van der Waals surface area contributed by atoms with Gasteiger partial charge in [-0.1, -0.05) is 18.2 Å². The monoisotopic (exact) mass is 412 g/mol. The van der Waals surface area contributed by atoms with E-state index in [-0.39, 0.29) is 24.4 Å². The van der Waals surface area contributed by atoms with Crippen molar-refractivity contribution >= 4 is 18.3 Å². The smallest absolute Gasteiger partial charge is 0.257 e. The van der Waals surface area contributed by atoms with Gasteiger partial charge < -0.3 is 15.1 Å². The summed E-state index contributed by atoms with van der Waals surface area (Å²) in [5, 5.41) is 4.69. The molecule has 2 aliphatic rings. The van der Waals surface area contributed by atoms with E-state index in [9.17, 15) is 4.79 Å². The molecule has 1 aliphatic heterocycles. The summed E-state index contributed by atoms with van der Waals surface area (Å²) in [6.07, 6.45) is 4.00. The summed E-state index contributed by atoms with van der Waals surface area (Å²) in [6, 6.07) is 13.8. The number of rotatable bonds is 3. The Hall–Kier alpha value is -2.57. The van der Waals surface area contributed by atoms with E-state index in [4.69, 9.17) is 15.2 Å². The number of nitrogens with zero attached hydrogens (tertiary/aromatic N) is 3. The molecule has 1 saturated carbocycles. The summed E-state index contributed by atoms with van der Waals surface area (Å²) in [5.74, 6) is 2.36. The van der Waals surface area contributed by atoms with Gasteiger partial charge in [-0.15, -0.1) is 12.4 Å². The molecule has 2 fully saturated rings. The number of nitrogens with two attached hydrogens (primary N) is 1. The van der Waals surface area contributed by atoms with Gasteiger partial charge in [0.1, 0.15) is 11.5 Å². The van der Waals surface area contributed by atoms with Crippen LogP contribution in [0.15, 0.2) is 53.1 Å². The summed E-state index contributed by atoms with van der Waals surface area (Å²) >= 11 is 0. The fourth-order valence-electron chi connectivity index (χ4n) is 4.63. The van der Waals surface area contributed by atoms with Gasteiger partial charge in [0.2, 0.25) is 0 Å². The van der Waals surface area contributed by atoms with Crippen LogP contribution in [0.4, 0.5) is 0 Å². The number of benzene rings is 1. The molecule has 1 aliphatic carbocycles. The van der Waals surface area contributed by atoms with Crippen LogP contribution in [0.5, 0.6) is 0 Å². The number of hydrogen-bond donors (Lipinski definition) is 1. The van der Waals surface area contributed by atoms with Gasteiger partial charge in [0.05, 0.1) is 11.3 Å². The average molecular weight is 413 g/mol. The summed E-state index contributed by atoms with van der Waals surface area (Å²) < 4.78 is 7.55. The maximum absolute atomic E-state index is 13.4. The molecule has 0 spiro atoms. The number of carbonyl (C=O) groups excluding carboxylic acids is 1. The predicted molar refractivity (Wildman–Crippen MR) is 113 cm³/mol. The third kappa shape index (κ3) is 3.47. The van der Waals surface area contributed by atoms with Crippen LogP contribution in [0, 0.1) is 18.8 Å². The van der Waals surface area contributed by atoms with Gasteiger partial charge in [0.25, 0.3) is 5.91 Å². The first-order valence-electron chi connectivity index (χ1n) is 9.87. The van der Waals surface area contributed by atoms with E-state index in [1.54, 1.807) is 4.68 Å². The number of likely N-dealkylation sites (tertiary alicyclic amines) is 1. The fourth-order valence-corrected chi connectivity index (χ4v) is 4.63. The summed E-state index contributed by atoms with van der Waals surface area (Å²) in [5.41, 5.74) is 8.33. The molecule has 5 rings (SSSR count). The fraction of sp³-hybridized carbons (Fsp3) is 0.364. The van der Waals surface area contributed by atoms with Crippen molar-refractivity contribution in [1.29, 1.82) is 0 Å². The first-order valence-corrected chi connectivity index (χ1v) is 9.87. The highest BCUT2D eigenvalue weighted by Gasteiger charge is 2.43. The number of furan rings is 1. The molecule has 3 aromatic rings. The van der Waals surface area contributed by atoms with Gasteiger partial charge in [-0.2, -0.15) is 5.10 Å². The van der Waals surface area contributed by atoms with Crippen LogP contribution >= 0.6 is 12.4 Å². The minimum Gasteiger partial charge on any atom is -0.460 e. The van der Waals surface area contributed by atoms with Crippen LogP contribution in [-0.2, 0) is 0 Å². The number of hydrogen-bond acceptors (Lipinski definition) is 4. The molecule has 152 valence electrons. The maximum Gasteiger partial charge on any atom is 0.257 e. The molecule has 6 nitrogen and oxygen atoms in total. The molecule has 2 N–H and O–H groups in total. The van der Waals surface area contributed by atoms with Gasteiger partial charge in [0.15, 0.2) is 5.76 Å². The molecule has 3 unspecified atom stereocenters. The Balaban J connectivity index is 0.00000205. The Morgan fingerprint density at radius 1 is 1.14 bits per heavy atom. The number of para-hydroxylation sites is 1. The molecule has 0 radical (unpaired) electrons. The van der Waals surface area contributed by atoms with E-state index in [1.165, 1.54) is 0 Å². The van der Waals surface area contributed by atoms with Crippen molar-refractivity contribution in [3.05, 3.63) is 60.0 Å². The lowest BCUT2D eigenvalue weighted by Gasteiger charge is -2.18. The second-order valence-corrected chi connectivity index (χ2v) is 7.96. The predicted octanol–water partition coefficient (Wildman–Crippen LogP) is 3.67. The van der Waals surface area contributed by atoms with E-state index in [0.717, 1.165) is 37.4 Å². The van der Waals surface area contributed by atoms with E-state index in [2.05, 4.69) is 0 Å². The number of aryl methyl sites for hydroxylation is 1. The lowest BCUT2D eigenvalue weighted by molar-refractivity contribution is 0.0780. The normalized spacial score (nSPS) is 23.1. The second-order valence-electron chi connectivity index (χ2n) is 7.96. The van der Waals surface area contributed by atoms with E-state index >= 15 is 0 Å². The molecule has 2 aromatic heterocycles.